The van der Waals surface area contributed by atoms with E-state index in [4.69, 9.17) is 0 Å². The fourth-order valence-corrected chi connectivity index (χ4v) is 2.65. The van der Waals surface area contributed by atoms with Crippen molar-refractivity contribution in [2.75, 3.05) is 0 Å². The Balaban J connectivity index is 1.76. The van der Waals surface area contributed by atoms with E-state index in [0.717, 1.165) is 33.8 Å². The monoisotopic (exact) mass is 348 g/mol. The van der Waals surface area contributed by atoms with E-state index in [1.54, 1.807) is 23.5 Å². The van der Waals surface area contributed by atoms with Crippen LogP contribution in [0.25, 0.3) is 12.2 Å². The minimum Gasteiger partial charge on any atom is -0.267 e. The van der Waals surface area contributed by atoms with Crippen LogP contribution in [0, 0.1) is 0 Å². The fraction of sp³-hybridized carbons (Fsp3) is 0.0588. The zero-order chi connectivity index (χ0) is 17.2. The maximum absolute atomic E-state index is 12.5. The standard InChI is InChI=1S/C17H11F3N2OS/c18-17(19,20)13-5-3-12(4-6-13)16(23)22-10-9-14(21-22)7-8-15-2-1-11-24-15/h1-11H/b8-7+. The number of carbonyl (C=O) groups is 1. The summed E-state index contributed by atoms with van der Waals surface area (Å²) in [4.78, 5) is 13.3. The molecule has 0 radical (unpaired) electrons. The Morgan fingerprint density at radius 2 is 1.83 bits per heavy atom. The normalized spacial score (nSPS) is 12.0. The smallest absolute Gasteiger partial charge is 0.267 e. The lowest BCUT2D eigenvalue weighted by atomic mass is 10.1. The summed E-state index contributed by atoms with van der Waals surface area (Å²) in [6.07, 6.45) is 0.698. The highest BCUT2D eigenvalue weighted by atomic mass is 32.1. The summed E-state index contributed by atoms with van der Waals surface area (Å²) in [5.41, 5.74) is -0.0670. The molecule has 3 rings (SSSR count). The van der Waals surface area contributed by atoms with E-state index < -0.39 is 17.6 Å². The van der Waals surface area contributed by atoms with Gasteiger partial charge in [-0.05, 0) is 53.9 Å². The second-order valence-electron chi connectivity index (χ2n) is 4.91. The molecule has 24 heavy (non-hydrogen) atoms. The molecule has 7 heteroatoms. The topological polar surface area (TPSA) is 34.9 Å². The van der Waals surface area contributed by atoms with Gasteiger partial charge in [-0.1, -0.05) is 6.07 Å². The van der Waals surface area contributed by atoms with E-state index in [1.807, 2.05) is 23.6 Å². The van der Waals surface area contributed by atoms with Crippen LogP contribution in [0.2, 0.25) is 0 Å². The number of rotatable bonds is 3. The third kappa shape index (κ3) is 3.62. The van der Waals surface area contributed by atoms with Crippen molar-refractivity contribution in [3.63, 3.8) is 0 Å². The molecule has 0 unspecified atom stereocenters. The number of hydrogen-bond donors (Lipinski definition) is 0. The molecule has 2 heterocycles. The molecule has 0 atom stereocenters. The first-order chi connectivity index (χ1) is 11.4. The lowest BCUT2D eigenvalue weighted by Gasteiger charge is -2.07. The number of aromatic nitrogens is 2. The predicted octanol–water partition coefficient (Wildman–Crippen LogP) is 4.82. The van der Waals surface area contributed by atoms with Gasteiger partial charge in [0.25, 0.3) is 5.91 Å². The third-order valence-electron chi connectivity index (χ3n) is 3.24. The van der Waals surface area contributed by atoms with Gasteiger partial charge in [0.05, 0.1) is 11.3 Å². The van der Waals surface area contributed by atoms with Crippen LogP contribution in [0.15, 0.2) is 54.0 Å². The summed E-state index contributed by atoms with van der Waals surface area (Å²) >= 11 is 1.58. The number of alkyl halides is 3. The quantitative estimate of drug-likeness (QED) is 0.680. The molecule has 0 aliphatic heterocycles. The van der Waals surface area contributed by atoms with Crippen molar-refractivity contribution in [2.24, 2.45) is 0 Å². The molecular weight excluding hydrogens is 337 g/mol. The molecule has 0 spiro atoms. The predicted molar refractivity (Wildman–Crippen MR) is 86.6 cm³/mol. The average Bonchev–Trinajstić information content (AvgIpc) is 3.23. The molecule has 0 bridgehead atoms. The number of nitrogens with zero attached hydrogens (tertiary/aromatic N) is 2. The van der Waals surface area contributed by atoms with Gasteiger partial charge in [-0.15, -0.1) is 11.3 Å². The first-order valence-electron chi connectivity index (χ1n) is 6.93. The van der Waals surface area contributed by atoms with E-state index in [0.29, 0.717) is 5.69 Å². The molecule has 0 saturated heterocycles. The molecule has 3 aromatic rings. The molecule has 0 amide bonds. The third-order valence-corrected chi connectivity index (χ3v) is 4.08. The first-order valence-corrected chi connectivity index (χ1v) is 7.81. The van der Waals surface area contributed by atoms with E-state index >= 15 is 0 Å². The highest BCUT2D eigenvalue weighted by molar-refractivity contribution is 7.10. The van der Waals surface area contributed by atoms with Crippen LogP contribution in [0.3, 0.4) is 0 Å². The molecule has 122 valence electrons. The number of carbonyl (C=O) groups excluding carboxylic acids is 1. The van der Waals surface area contributed by atoms with Crippen LogP contribution in [-0.4, -0.2) is 15.7 Å². The van der Waals surface area contributed by atoms with Gasteiger partial charge >= 0.3 is 6.18 Å². The van der Waals surface area contributed by atoms with Crippen molar-refractivity contribution >= 4 is 29.4 Å². The van der Waals surface area contributed by atoms with E-state index in [2.05, 4.69) is 5.10 Å². The molecule has 3 nitrogen and oxygen atoms in total. The van der Waals surface area contributed by atoms with Crippen molar-refractivity contribution in [1.29, 1.82) is 0 Å². The summed E-state index contributed by atoms with van der Waals surface area (Å²) in [6, 6.07) is 9.60. The molecule has 0 fully saturated rings. The zero-order valence-electron chi connectivity index (χ0n) is 12.2. The number of benzene rings is 1. The molecule has 0 N–H and O–H groups in total. The Morgan fingerprint density at radius 3 is 2.46 bits per heavy atom. The molecule has 0 aliphatic carbocycles. The Labute approximate surface area is 139 Å². The summed E-state index contributed by atoms with van der Waals surface area (Å²) in [7, 11) is 0. The van der Waals surface area contributed by atoms with Gasteiger partial charge in [0.15, 0.2) is 0 Å². The second-order valence-corrected chi connectivity index (χ2v) is 5.89. The van der Waals surface area contributed by atoms with Gasteiger partial charge in [0.2, 0.25) is 0 Å². The van der Waals surface area contributed by atoms with Gasteiger partial charge in [-0.3, -0.25) is 4.79 Å². The van der Waals surface area contributed by atoms with Crippen LogP contribution in [-0.2, 0) is 6.18 Å². The number of thiophene rings is 1. The summed E-state index contributed by atoms with van der Waals surface area (Å²) in [5, 5.41) is 6.07. The van der Waals surface area contributed by atoms with Crippen molar-refractivity contribution in [1.82, 2.24) is 9.78 Å². The molecule has 0 saturated carbocycles. The number of halogens is 3. The molecule has 2 aromatic heterocycles. The maximum Gasteiger partial charge on any atom is 0.416 e. The molecular formula is C17H11F3N2OS. The Bertz CT molecular complexity index is 862. The van der Waals surface area contributed by atoms with E-state index in [1.165, 1.54) is 6.20 Å². The Morgan fingerprint density at radius 1 is 1.08 bits per heavy atom. The van der Waals surface area contributed by atoms with E-state index in [9.17, 15) is 18.0 Å². The summed E-state index contributed by atoms with van der Waals surface area (Å²) in [5.74, 6) is -0.487. The summed E-state index contributed by atoms with van der Waals surface area (Å²) < 4.78 is 38.7. The zero-order valence-corrected chi connectivity index (χ0v) is 13.0. The minimum atomic E-state index is -4.42. The van der Waals surface area contributed by atoms with Crippen LogP contribution >= 0.6 is 11.3 Å². The van der Waals surface area contributed by atoms with Crippen molar-refractivity contribution in [2.45, 2.75) is 6.18 Å². The molecule has 1 aromatic carbocycles. The highest BCUT2D eigenvalue weighted by Crippen LogP contribution is 2.29. The van der Waals surface area contributed by atoms with Crippen LogP contribution in [0.5, 0.6) is 0 Å². The SMILES string of the molecule is O=C(c1ccc(C(F)(F)F)cc1)n1ccc(/C=C/c2cccs2)n1. The van der Waals surface area contributed by atoms with Gasteiger partial charge in [-0.2, -0.15) is 18.3 Å². The van der Waals surface area contributed by atoms with Crippen LogP contribution in [0.4, 0.5) is 13.2 Å². The van der Waals surface area contributed by atoms with E-state index in [-0.39, 0.29) is 5.56 Å². The highest BCUT2D eigenvalue weighted by Gasteiger charge is 2.30. The second kappa shape index (κ2) is 6.45. The van der Waals surface area contributed by atoms with Crippen molar-refractivity contribution < 1.29 is 18.0 Å². The van der Waals surface area contributed by atoms with Crippen LogP contribution < -0.4 is 0 Å². The van der Waals surface area contributed by atoms with Gasteiger partial charge in [0, 0.05) is 16.6 Å². The first kappa shape index (κ1) is 16.2. The minimum absolute atomic E-state index is 0.139. The largest absolute Gasteiger partial charge is 0.416 e. The lowest BCUT2D eigenvalue weighted by molar-refractivity contribution is -0.137. The number of hydrogen-bond acceptors (Lipinski definition) is 3. The van der Waals surface area contributed by atoms with Gasteiger partial charge < -0.3 is 0 Å². The lowest BCUT2D eigenvalue weighted by Crippen LogP contribution is -2.13. The Hall–Kier alpha value is -2.67. The van der Waals surface area contributed by atoms with Gasteiger partial charge in [-0.25, -0.2) is 4.68 Å². The summed E-state index contributed by atoms with van der Waals surface area (Å²) in [6.45, 7) is 0. The molecule has 0 aliphatic rings. The van der Waals surface area contributed by atoms with Gasteiger partial charge in [0.1, 0.15) is 0 Å². The Kier molecular flexibility index (Phi) is 4.35. The van der Waals surface area contributed by atoms with Crippen molar-refractivity contribution in [3.05, 3.63) is 75.7 Å². The van der Waals surface area contributed by atoms with Crippen LogP contribution in [0.1, 0.15) is 26.5 Å². The van der Waals surface area contributed by atoms with Crippen molar-refractivity contribution in [3.8, 4) is 0 Å². The fourth-order valence-electron chi connectivity index (χ4n) is 2.03. The maximum atomic E-state index is 12.5. The average molecular weight is 348 g/mol.